The number of hydrogen-bond donors (Lipinski definition) is 3. The van der Waals surface area contributed by atoms with Gasteiger partial charge >= 0.3 is 0 Å². The second-order valence-electron chi connectivity index (χ2n) is 9.06. The maximum absolute atomic E-state index is 13.2. The monoisotopic (exact) mass is 359 g/mol. The third-order valence-corrected chi connectivity index (χ3v) is 7.08. The molecule has 5 nitrogen and oxygen atoms in total. The lowest BCUT2D eigenvalue weighted by Crippen LogP contribution is -2.63. The van der Waals surface area contributed by atoms with E-state index in [0.29, 0.717) is 24.6 Å². The topological polar surface area (TPSA) is 78.8 Å². The summed E-state index contributed by atoms with van der Waals surface area (Å²) in [6.45, 7) is 2.60. The third-order valence-electron chi connectivity index (χ3n) is 7.08. The zero-order valence-electron chi connectivity index (χ0n) is 15.7. The Morgan fingerprint density at radius 2 is 2.08 bits per heavy atom. The second kappa shape index (κ2) is 5.88. The molecule has 0 spiro atoms. The predicted molar refractivity (Wildman–Crippen MR) is 97.8 cm³/mol. The normalized spacial score (nSPS) is 37.6. The molecule has 5 rings (SSSR count). The molecular formula is C21H29NO4. The van der Waals surface area contributed by atoms with Crippen LogP contribution in [0.15, 0.2) is 18.2 Å². The van der Waals surface area contributed by atoms with Crippen LogP contribution in [0, 0.1) is 16.7 Å². The molecule has 0 aromatic heterocycles. The van der Waals surface area contributed by atoms with Gasteiger partial charge in [-0.05, 0) is 67.6 Å². The summed E-state index contributed by atoms with van der Waals surface area (Å²) in [5, 5.41) is 23.9. The highest BCUT2D eigenvalue weighted by Crippen LogP contribution is 2.67. The summed E-state index contributed by atoms with van der Waals surface area (Å²) in [5.74, 6) is 1.04. The first kappa shape index (κ1) is 17.7. The zero-order valence-corrected chi connectivity index (χ0v) is 15.7. The number of aliphatic hydroxyl groups is 1. The molecule has 3 N–H and O–H groups in total. The van der Waals surface area contributed by atoms with Crippen molar-refractivity contribution in [1.29, 1.82) is 0 Å². The van der Waals surface area contributed by atoms with Gasteiger partial charge in [0.15, 0.2) is 11.5 Å². The molecule has 0 heterocycles. The van der Waals surface area contributed by atoms with Crippen LogP contribution in [0.5, 0.6) is 11.5 Å². The Kier molecular flexibility index (Phi) is 3.99. The number of methoxy groups -OCH3 is 1. The lowest BCUT2D eigenvalue weighted by atomic mass is 9.42. The van der Waals surface area contributed by atoms with Gasteiger partial charge < -0.3 is 20.3 Å². The molecule has 4 atom stereocenters. The number of hydrogen-bond acceptors (Lipinski definition) is 4. The van der Waals surface area contributed by atoms with E-state index < -0.39 is 11.0 Å². The standard InChI is InChI=1S/C21H29NO4/c1-3-19-7-15-8-20(11-19,13-21(25,9-15)12-19)18(24)22-10-14-4-5-16(23)17(6-14)26-2/h4-6,15,23,25H,3,7-13H2,1-2H3,(H,22,24)/t15-,19+,20+,21+/m0/s1. The van der Waals surface area contributed by atoms with Gasteiger partial charge in [-0.25, -0.2) is 0 Å². The molecule has 142 valence electrons. The largest absolute Gasteiger partial charge is 0.504 e. The lowest BCUT2D eigenvalue weighted by Gasteiger charge is -2.64. The Bertz CT molecular complexity index is 735. The van der Waals surface area contributed by atoms with Crippen LogP contribution >= 0.6 is 0 Å². The van der Waals surface area contributed by atoms with Crippen molar-refractivity contribution < 1.29 is 19.7 Å². The minimum absolute atomic E-state index is 0.0740. The van der Waals surface area contributed by atoms with Crippen LogP contribution in [0.1, 0.15) is 57.4 Å². The fraction of sp³-hybridized carbons (Fsp3) is 0.667. The molecule has 0 saturated heterocycles. The summed E-state index contributed by atoms with van der Waals surface area (Å²) in [4.78, 5) is 13.2. The minimum Gasteiger partial charge on any atom is -0.504 e. The van der Waals surface area contributed by atoms with Gasteiger partial charge in [-0.3, -0.25) is 4.79 Å². The number of aromatic hydroxyl groups is 1. The van der Waals surface area contributed by atoms with Crippen molar-refractivity contribution in [2.75, 3.05) is 7.11 Å². The van der Waals surface area contributed by atoms with Crippen LogP contribution < -0.4 is 10.1 Å². The molecule has 5 heteroatoms. The fourth-order valence-electron chi connectivity index (χ4n) is 6.43. The Hall–Kier alpha value is -1.75. The summed E-state index contributed by atoms with van der Waals surface area (Å²) in [6.07, 6.45) is 6.33. The van der Waals surface area contributed by atoms with Crippen molar-refractivity contribution in [3.05, 3.63) is 23.8 Å². The lowest BCUT2D eigenvalue weighted by molar-refractivity contribution is -0.204. The van der Waals surface area contributed by atoms with Crippen LogP contribution in [-0.4, -0.2) is 28.8 Å². The van der Waals surface area contributed by atoms with Gasteiger partial charge in [0.2, 0.25) is 5.91 Å². The Balaban J connectivity index is 1.51. The molecule has 0 aliphatic heterocycles. The van der Waals surface area contributed by atoms with Crippen molar-refractivity contribution in [3.8, 4) is 11.5 Å². The van der Waals surface area contributed by atoms with Gasteiger partial charge in [-0.1, -0.05) is 19.4 Å². The van der Waals surface area contributed by atoms with Crippen LogP contribution in [0.25, 0.3) is 0 Å². The van der Waals surface area contributed by atoms with Gasteiger partial charge in [-0.2, -0.15) is 0 Å². The number of phenols is 1. The van der Waals surface area contributed by atoms with E-state index >= 15 is 0 Å². The number of amides is 1. The van der Waals surface area contributed by atoms with E-state index in [1.165, 1.54) is 7.11 Å². The molecule has 4 bridgehead atoms. The first-order valence-electron chi connectivity index (χ1n) is 9.68. The van der Waals surface area contributed by atoms with Gasteiger partial charge in [0.25, 0.3) is 0 Å². The van der Waals surface area contributed by atoms with Crippen molar-refractivity contribution in [3.63, 3.8) is 0 Å². The number of ether oxygens (including phenoxy) is 1. The van der Waals surface area contributed by atoms with Gasteiger partial charge in [-0.15, -0.1) is 0 Å². The first-order chi connectivity index (χ1) is 12.3. The number of nitrogens with one attached hydrogen (secondary N) is 1. The van der Waals surface area contributed by atoms with Crippen LogP contribution in [-0.2, 0) is 11.3 Å². The molecule has 4 saturated carbocycles. The van der Waals surface area contributed by atoms with E-state index in [1.54, 1.807) is 18.2 Å². The molecule has 4 fully saturated rings. The van der Waals surface area contributed by atoms with E-state index in [4.69, 9.17) is 4.74 Å². The molecule has 1 aromatic carbocycles. The molecule has 0 unspecified atom stereocenters. The SMILES string of the molecule is CC[C@]12C[C@@H]3C[C@@](O)(C1)C[C@@](C(=O)NCc1ccc(O)c(OC)c1)(C3)C2. The molecule has 26 heavy (non-hydrogen) atoms. The van der Waals surface area contributed by atoms with E-state index in [0.717, 1.165) is 44.1 Å². The van der Waals surface area contributed by atoms with Crippen molar-refractivity contribution in [1.82, 2.24) is 5.32 Å². The molecule has 4 aliphatic carbocycles. The van der Waals surface area contributed by atoms with E-state index in [-0.39, 0.29) is 17.1 Å². The number of benzene rings is 1. The third kappa shape index (κ3) is 2.77. The van der Waals surface area contributed by atoms with Gasteiger partial charge in [0.05, 0.1) is 18.1 Å². The summed E-state index contributed by atoms with van der Waals surface area (Å²) >= 11 is 0. The van der Waals surface area contributed by atoms with Crippen molar-refractivity contribution in [2.45, 2.75) is 64.0 Å². The quantitative estimate of drug-likeness (QED) is 0.755. The second-order valence-corrected chi connectivity index (χ2v) is 9.06. The van der Waals surface area contributed by atoms with Crippen molar-refractivity contribution in [2.24, 2.45) is 16.7 Å². The average Bonchev–Trinajstić information content (AvgIpc) is 2.58. The maximum Gasteiger partial charge on any atom is 0.226 e. The predicted octanol–water partition coefficient (Wildman–Crippen LogP) is 3.13. The fourth-order valence-corrected chi connectivity index (χ4v) is 6.43. The van der Waals surface area contributed by atoms with Gasteiger partial charge in [0, 0.05) is 6.54 Å². The highest BCUT2D eigenvalue weighted by atomic mass is 16.5. The van der Waals surface area contributed by atoms with E-state index in [9.17, 15) is 15.0 Å². The highest BCUT2D eigenvalue weighted by molar-refractivity contribution is 5.83. The zero-order chi connectivity index (χ0) is 18.6. The smallest absolute Gasteiger partial charge is 0.226 e. The van der Waals surface area contributed by atoms with E-state index in [2.05, 4.69) is 12.2 Å². The Morgan fingerprint density at radius 3 is 2.77 bits per heavy atom. The molecule has 1 aromatic rings. The summed E-state index contributed by atoms with van der Waals surface area (Å²) in [7, 11) is 1.51. The van der Waals surface area contributed by atoms with Crippen molar-refractivity contribution >= 4 is 5.91 Å². The summed E-state index contributed by atoms with van der Waals surface area (Å²) < 4.78 is 5.14. The highest BCUT2D eigenvalue weighted by Gasteiger charge is 2.64. The number of carbonyl (C=O) groups excluding carboxylic acids is 1. The maximum atomic E-state index is 13.2. The molecular weight excluding hydrogens is 330 g/mol. The first-order valence-corrected chi connectivity index (χ1v) is 9.68. The number of rotatable bonds is 5. The van der Waals surface area contributed by atoms with Crippen LogP contribution in [0.3, 0.4) is 0 Å². The molecule has 0 radical (unpaired) electrons. The van der Waals surface area contributed by atoms with E-state index in [1.807, 2.05) is 0 Å². The number of phenolic OH excluding ortho intramolecular Hbond substituents is 1. The summed E-state index contributed by atoms with van der Waals surface area (Å²) in [5.41, 5.74) is -0.0610. The number of carbonyl (C=O) groups is 1. The minimum atomic E-state index is -0.658. The Morgan fingerprint density at radius 1 is 1.27 bits per heavy atom. The average molecular weight is 359 g/mol. The van der Waals surface area contributed by atoms with Crippen LogP contribution in [0.4, 0.5) is 0 Å². The molecule has 1 amide bonds. The molecule has 4 aliphatic rings. The van der Waals surface area contributed by atoms with Crippen LogP contribution in [0.2, 0.25) is 0 Å². The van der Waals surface area contributed by atoms with Gasteiger partial charge in [0.1, 0.15) is 0 Å². The Labute approximate surface area is 154 Å². The summed E-state index contributed by atoms with van der Waals surface area (Å²) in [6, 6.07) is 5.12.